The number of phenolic OH excluding ortho intramolecular Hbond substituents is 1. The van der Waals surface area contributed by atoms with Gasteiger partial charge in [-0.05, 0) is 30.5 Å². The Morgan fingerprint density at radius 3 is 2.62 bits per heavy atom. The summed E-state index contributed by atoms with van der Waals surface area (Å²) in [5, 5.41) is 24.7. The van der Waals surface area contributed by atoms with Crippen LogP contribution in [0.1, 0.15) is 30.9 Å². The minimum atomic E-state index is 0.202. The Balaban J connectivity index is 1.61. The second-order valence-electron chi connectivity index (χ2n) is 6.27. The fourth-order valence-corrected chi connectivity index (χ4v) is 3.03. The van der Waals surface area contributed by atoms with Crippen molar-refractivity contribution in [3.8, 4) is 5.75 Å². The molecule has 1 heterocycles. The average molecular weight is 321 g/mol. The summed E-state index contributed by atoms with van der Waals surface area (Å²) >= 11 is 0. The highest BCUT2D eigenvalue weighted by atomic mass is 16.3. The number of phenols is 1. The van der Waals surface area contributed by atoms with Crippen LogP contribution in [0, 0.1) is 11.3 Å². The van der Waals surface area contributed by atoms with Gasteiger partial charge in [-0.15, -0.1) is 0 Å². The average Bonchev–Trinajstić information content (AvgIpc) is 2.98. The van der Waals surface area contributed by atoms with Gasteiger partial charge in [0.1, 0.15) is 11.6 Å². The standard InChI is InChI=1S/C20H23N3O/c1-15-14-23(22-20(15)17-11-5-6-12-18(17)24)19(21)13-7-10-16-8-3-2-4-9-16/h2-6,8-9,11-12,15,21,24H,7,10,13-14H2,1H3. The summed E-state index contributed by atoms with van der Waals surface area (Å²) in [6, 6.07) is 17.6. The highest BCUT2D eigenvalue weighted by Crippen LogP contribution is 2.26. The van der Waals surface area contributed by atoms with Crippen LogP contribution in [0.15, 0.2) is 59.7 Å². The van der Waals surface area contributed by atoms with Crippen molar-refractivity contribution in [3.63, 3.8) is 0 Å². The van der Waals surface area contributed by atoms with E-state index in [-0.39, 0.29) is 11.7 Å². The van der Waals surface area contributed by atoms with Gasteiger partial charge >= 0.3 is 0 Å². The molecule has 2 aromatic rings. The molecule has 0 bridgehead atoms. The number of para-hydroxylation sites is 1. The maximum atomic E-state index is 10.0. The number of aryl methyl sites for hydroxylation is 1. The van der Waals surface area contributed by atoms with Crippen molar-refractivity contribution in [2.45, 2.75) is 26.2 Å². The molecule has 1 unspecified atom stereocenters. The van der Waals surface area contributed by atoms with Crippen molar-refractivity contribution in [2.75, 3.05) is 6.54 Å². The van der Waals surface area contributed by atoms with Crippen LogP contribution in [-0.4, -0.2) is 28.2 Å². The minimum absolute atomic E-state index is 0.202. The molecule has 1 aliphatic heterocycles. The van der Waals surface area contributed by atoms with Gasteiger partial charge in [0.05, 0.1) is 12.3 Å². The Morgan fingerprint density at radius 2 is 1.88 bits per heavy atom. The molecular weight excluding hydrogens is 298 g/mol. The van der Waals surface area contributed by atoms with Gasteiger partial charge in [-0.3, -0.25) is 10.4 Å². The number of hydrogen-bond acceptors (Lipinski definition) is 3. The van der Waals surface area contributed by atoms with Crippen molar-refractivity contribution in [2.24, 2.45) is 11.0 Å². The molecule has 24 heavy (non-hydrogen) atoms. The van der Waals surface area contributed by atoms with Crippen LogP contribution in [0.5, 0.6) is 5.75 Å². The molecule has 124 valence electrons. The topological polar surface area (TPSA) is 59.7 Å². The van der Waals surface area contributed by atoms with Crippen molar-refractivity contribution in [1.82, 2.24) is 5.01 Å². The van der Waals surface area contributed by atoms with E-state index in [4.69, 9.17) is 5.41 Å². The van der Waals surface area contributed by atoms with Crippen molar-refractivity contribution in [1.29, 1.82) is 5.41 Å². The Labute approximate surface area is 143 Å². The summed E-state index contributed by atoms with van der Waals surface area (Å²) in [6.45, 7) is 2.79. The van der Waals surface area contributed by atoms with Crippen molar-refractivity contribution < 1.29 is 5.11 Å². The van der Waals surface area contributed by atoms with E-state index in [2.05, 4.69) is 24.2 Å². The molecule has 0 spiro atoms. The van der Waals surface area contributed by atoms with Gasteiger partial charge in [0.15, 0.2) is 0 Å². The van der Waals surface area contributed by atoms with E-state index in [0.717, 1.165) is 24.1 Å². The second-order valence-corrected chi connectivity index (χ2v) is 6.27. The Bertz CT molecular complexity index is 740. The zero-order valence-corrected chi connectivity index (χ0v) is 13.9. The van der Waals surface area contributed by atoms with Crippen LogP contribution in [0.25, 0.3) is 0 Å². The number of nitrogens with one attached hydrogen (secondary N) is 1. The van der Waals surface area contributed by atoms with E-state index in [9.17, 15) is 5.11 Å². The van der Waals surface area contributed by atoms with Gasteiger partial charge in [0, 0.05) is 17.9 Å². The quantitative estimate of drug-likeness (QED) is 0.645. The van der Waals surface area contributed by atoms with E-state index in [0.29, 0.717) is 18.8 Å². The molecule has 4 nitrogen and oxygen atoms in total. The maximum absolute atomic E-state index is 10.0. The predicted molar refractivity (Wildman–Crippen MR) is 97.6 cm³/mol. The monoisotopic (exact) mass is 321 g/mol. The Hall–Kier alpha value is -2.62. The molecule has 0 saturated carbocycles. The highest BCUT2D eigenvalue weighted by molar-refractivity contribution is 6.06. The second kappa shape index (κ2) is 7.30. The maximum Gasteiger partial charge on any atom is 0.124 e. The highest BCUT2D eigenvalue weighted by Gasteiger charge is 2.27. The molecule has 1 atom stereocenters. The third-order valence-electron chi connectivity index (χ3n) is 4.36. The third-order valence-corrected chi connectivity index (χ3v) is 4.36. The fourth-order valence-electron chi connectivity index (χ4n) is 3.03. The van der Waals surface area contributed by atoms with E-state index in [1.54, 1.807) is 11.1 Å². The number of hydrazone groups is 1. The molecule has 3 rings (SSSR count). The number of aromatic hydroxyl groups is 1. The van der Waals surface area contributed by atoms with Gasteiger partial charge in [0.2, 0.25) is 0 Å². The molecular formula is C20H23N3O. The smallest absolute Gasteiger partial charge is 0.124 e. The summed E-state index contributed by atoms with van der Waals surface area (Å²) in [7, 11) is 0. The van der Waals surface area contributed by atoms with Crippen molar-refractivity contribution >= 4 is 11.5 Å². The number of hydrogen-bond donors (Lipinski definition) is 2. The lowest BCUT2D eigenvalue weighted by Gasteiger charge is -2.15. The lowest BCUT2D eigenvalue weighted by molar-refractivity contribution is 0.441. The first-order valence-corrected chi connectivity index (χ1v) is 8.41. The molecule has 2 N–H and O–H groups in total. The molecule has 0 aromatic heterocycles. The lowest BCUT2D eigenvalue weighted by Crippen LogP contribution is -2.24. The minimum Gasteiger partial charge on any atom is -0.507 e. The summed E-state index contributed by atoms with van der Waals surface area (Å²) < 4.78 is 0. The van der Waals surface area contributed by atoms with E-state index in [1.807, 2.05) is 36.4 Å². The van der Waals surface area contributed by atoms with E-state index < -0.39 is 0 Å². The molecule has 1 aliphatic rings. The normalized spacial score (nSPS) is 17.0. The Morgan fingerprint density at radius 1 is 1.17 bits per heavy atom. The largest absolute Gasteiger partial charge is 0.507 e. The molecule has 4 heteroatoms. The summed E-state index contributed by atoms with van der Waals surface area (Å²) in [5.74, 6) is 0.997. The molecule has 2 aromatic carbocycles. The first kappa shape index (κ1) is 16.2. The van der Waals surface area contributed by atoms with Crippen LogP contribution in [0.3, 0.4) is 0 Å². The molecule has 0 fully saturated rings. The zero-order chi connectivity index (χ0) is 16.9. The first-order valence-electron chi connectivity index (χ1n) is 8.41. The van der Waals surface area contributed by atoms with Gasteiger partial charge in [-0.25, -0.2) is 0 Å². The van der Waals surface area contributed by atoms with Crippen LogP contribution in [0.2, 0.25) is 0 Å². The zero-order valence-electron chi connectivity index (χ0n) is 13.9. The van der Waals surface area contributed by atoms with Crippen LogP contribution in [0.4, 0.5) is 0 Å². The fraction of sp³-hybridized carbons (Fsp3) is 0.300. The summed E-state index contributed by atoms with van der Waals surface area (Å²) in [5.41, 5.74) is 2.93. The lowest BCUT2D eigenvalue weighted by atomic mass is 9.98. The SMILES string of the molecule is CC1CN(C(=N)CCCc2ccccc2)N=C1c1ccccc1O. The third kappa shape index (κ3) is 3.65. The van der Waals surface area contributed by atoms with Crippen LogP contribution < -0.4 is 0 Å². The number of benzene rings is 2. The van der Waals surface area contributed by atoms with E-state index >= 15 is 0 Å². The first-order chi connectivity index (χ1) is 11.6. The number of amidine groups is 1. The molecule has 0 saturated heterocycles. The van der Waals surface area contributed by atoms with Crippen LogP contribution >= 0.6 is 0 Å². The number of rotatable bonds is 5. The predicted octanol–water partition coefficient (Wildman–Crippen LogP) is 4.05. The molecule has 0 aliphatic carbocycles. The summed E-state index contributed by atoms with van der Waals surface area (Å²) in [4.78, 5) is 0. The van der Waals surface area contributed by atoms with E-state index in [1.165, 1.54) is 5.56 Å². The van der Waals surface area contributed by atoms with Gasteiger partial charge < -0.3 is 5.11 Å². The van der Waals surface area contributed by atoms with Gasteiger partial charge in [-0.2, -0.15) is 5.10 Å². The molecule has 0 radical (unpaired) electrons. The van der Waals surface area contributed by atoms with Gasteiger partial charge in [-0.1, -0.05) is 49.4 Å². The summed E-state index contributed by atoms with van der Waals surface area (Å²) in [6.07, 6.45) is 2.62. The van der Waals surface area contributed by atoms with Gasteiger partial charge in [0.25, 0.3) is 0 Å². The van der Waals surface area contributed by atoms with Crippen LogP contribution in [-0.2, 0) is 6.42 Å². The molecule has 0 amide bonds. The Kier molecular flexibility index (Phi) is 4.94. The van der Waals surface area contributed by atoms with Crippen molar-refractivity contribution in [3.05, 3.63) is 65.7 Å². The number of nitrogens with zero attached hydrogens (tertiary/aromatic N) is 2.